The van der Waals surface area contributed by atoms with E-state index in [1.807, 2.05) is 42.1 Å². The van der Waals surface area contributed by atoms with Crippen molar-refractivity contribution < 1.29 is 9.53 Å². The predicted molar refractivity (Wildman–Crippen MR) is 123 cm³/mol. The Morgan fingerprint density at radius 3 is 2.73 bits per heavy atom. The first-order chi connectivity index (χ1) is 14.7. The van der Waals surface area contributed by atoms with Crippen molar-refractivity contribution in [2.75, 3.05) is 25.4 Å². The van der Waals surface area contributed by atoms with Crippen LogP contribution in [0.1, 0.15) is 25.3 Å². The van der Waals surface area contributed by atoms with Gasteiger partial charge in [-0.05, 0) is 49.6 Å². The minimum atomic E-state index is -0.0621. The molecule has 2 aromatic rings. The molecule has 0 heterocycles. The van der Waals surface area contributed by atoms with Crippen LogP contribution >= 0.6 is 11.8 Å². The van der Waals surface area contributed by atoms with E-state index in [1.165, 1.54) is 4.90 Å². The van der Waals surface area contributed by atoms with Crippen LogP contribution in [0.5, 0.6) is 5.75 Å². The number of nitrogens with one attached hydrogen (secondary N) is 3. The van der Waals surface area contributed by atoms with Crippen LogP contribution in [0.15, 0.2) is 64.5 Å². The summed E-state index contributed by atoms with van der Waals surface area (Å²) in [7, 11) is 0. The van der Waals surface area contributed by atoms with Crippen molar-refractivity contribution in [3.63, 3.8) is 0 Å². The van der Waals surface area contributed by atoms with Gasteiger partial charge in [-0.15, -0.1) is 11.8 Å². The van der Waals surface area contributed by atoms with E-state index in [9.17, 15) is 4.79 Å². The summed E-state index contributed by atoms with van der Waals surface area (Å²) in [5.41, 5.74) is 1.03. The maximum Gasteiger partial charge on any atom is 0.258 e. The van der Waals surface area contributed by atoms with Crippen molar-refractivity contribution in [2.24, 2.45) is 4.99 Å². The third kappa shape index (κ3) is 8.37. The minimum Gasteiger partial charge on any atom is -0.484 e. The van der Waals surface area contributed by atoms with E-state index in [-0.39, 0.29) is 12.5 Å². The molecule has 1 fully saturated rings. The van der Waals surface area contributed by atoms with Crippen LogP contribution < -0.4 is 20.7 Å². The lowest BCUT2D eigenvalue weighted by atomic mass is 10.2. The molecule has 30 heavy (non-hydrogen) atoms. The number of hydrogen-bond acceptors (Lipinski definition) is 4. The number of nitrogens with zero attached hydrogens (tertiary/aromatic N) is 1. The molecule has 3 rings (SSSR count). The second-order valence-corrected chi connectivity index (χ2v) is 8.23. The van der Waals surface area contributed by atoms with Gasteiger partial charge in [0.25, 0.3) is 5.91 Å². The number of ether oxygens (including phenoxy) is 1. The molecule has 3 N–H and O–H groups in total. The average Bonchev–Trinajstić information content (AvgIpc) is 3.58. The van der Waals surface area contributed by atoms with Crippen molar-refractivity contribution >= 4 is 23.6 Å². The molecule has 1 saturated carbocycles. The molecule has 0 aliphatic heterocycles. The predicted octanol–water partition coefficient (Wildman–Crippen LogP) is 3.19. The summed E-state index contributed by atoms with van der Waals surface area (Å²) in [6.07, 6.45) is 2.15. The Hall–Kier alpha value is -2.67. The number of aliphatic imine (C=N–C) groups is 1. The molecule has 0 radical (unpaired) electrons. The molecular weight excluding hydrogens is 396 g/mol. The van der Waals surface area contributed by atoms with Gasteiger partial charge in [-0.2, -0.15) is 0 Å². The number of guanidine groups is 1. The second kappa shape index (κ2) is 12.1. The molecular formula is C23H30N4O2S. The zero-order valence-electron chi connectivity index (χ0n) is 17.4. The smallest absolute Gasteiger partial charge is 0.258 e. The first-order valence-electron chi connectivity index (χ1n) is 10.4. The summed E-state index contributed by atoms with van der Waals surface area (Å²) in [5.74, 6) is 2.38. The Bertz CT molecular complexity index is 825. The van der Waals surface area contributed by atoms with E-state index in [0.717, 1.165) is 43.2 Å². The van der Waals surface area contributed by atoms with E-state index >= 15 is 0 Å². The van der Waals surface area contributed by atoms with Crippen molar-refractivity contribution in [1.82, 2.24) is 16.0 Å². The molecule has 1 amide bonds. The summed E-state index contributed by atoms with van der Waals surface area (Å²) in [6, 6.07) is 18.5. The maximum absolute atomic E-state index is 11.8. The van der Waals surface area contributed by atoms with Gasteiger partial charge in [-0.1, -0.05) is 30.3 Å². The van der Waals surface area contributed by atoms with Gasteiger partial charge in [0.05, 0.1) is 6.54 Å². The maximum atomic E-state index is 11.8. The van der Waals surface area contributed by atoms with Crippen LogP contribution in [0, 0.1) is 0 Å². The number of rotatable bonds is 11. The monoisotopic (exact) mass is 426 g/mol. The Labute approximate surface area is 182 Å². The molecule has 0 aromatic heterocycles. The SMILES string of the molecule is CCNC(=NCc1cccc(OCC(=O)NC2CC2)c1)NCCSc1ccccc1. The zero-order valence-corrected chi connectivity index (χ0v) is 18.2. The van der Waals surface area contributed by atoms with Gasteiger partial charge in [0.15, 0.2) is 12.6 Å². The highest BCUT2D eigenvalue weighted by molar-refractivity contribution is 7.99. The molecule has 7 heteroatoms. The van der Waals surface area contributed by atoms with Crippen LogP contribution in [-0.2, 0) is 11.3 Å². The molecule has 0 unspecified atom stereocenters. The third-order valence-corrected chi connectivity index (χ3v) is 5.39. The van der Waals surface area contributed by atoms with Crippen LogP contribution in [0.4, 0.5) is 0 Å². The lowest BCUT2D eigenvalue weighted by Crippen LogP contribution is -2.38. The number of amides is 1. The third-order valence-electron chi connectivity index (χ3n) is 4.38. The van der Waals surface area contributed by atoms with E-state index in [2.05, 4.69) is 52.1 Å². The number of thioether (sulfide) groups is 1. The summed E-state index contributed by atoms with van der Waals surface area (Å²) in [4.78, 5) is 17.7. The highest BCUT2D eigenvalue weighted by Gasteiger charge is 2.23. The van der Waals surface area contributed by atoms with Gasteiger partial charge in [0.2, 0.25) is 0 Å². The summed E-state index contributed by atoms with van der Waals surface area (Å²) in [5, 5.41) is 9.57. The van der Waals surface area contributed by atoms with Gasteiger partial charge in [0, 0.05) is 29.8 Å². The van der Waals surface area contributed by atoms with Gasteiger partial charge in [0.1, 0.15) is 5.75 Å². The standard InChI is InChI=1S/C23H30N4O2S/c1-2-24-23(25-13-14-30-21-9-4-3-5-10-21)26-16-18-7-6-8-20(15-18)29-17-22(28)27-19-11-12-19/h3-10,15,19H,2,11-14,16-17H2,1H3,(H,27,28)(H2,24,25,26). The van der Waals surface area contributed by atoms with E-state index in [1.54, 1.807) is 0 Å². The molecule has 1 aliphatic carbocycles. The molecule has 6 nitrogen and oxygen atoms in total. The minimum absolute atomic E-state index is 0.0481. The van der Waals surface area contributed by atoms with Crippen molar-refractivity contribution in [2.45, 2.75) is 37.2 Å². The van der Waals surface area contributed by atoms with Crippen LogP contribution in [0.3, 0.4) is 0 Å². The van der Waals surface area contributed by atoms with Gasteiger partial charge in [-0.3, -0.25) is 4.79 Å². The average molecular weight is 427 g/mol. The lowest BCUT2D eigenvalue weighted by molar-refractivity contribution is -0.123. The number of carbonyl (C=O) groups is 1. The van der Waals surface area contributed by atoms with E-state index in [4.69, 9.17) is 4.74 Å². The highest BCUT2D eigenvalue weighted by atomic mass is 32.2. The molecule has 0 atom stereocenters. The Kier molecular flexibility index (Phi) is 8.90. The van der Waals surface area contributed by atoms with Gasteiger partial charge >= 0.3 is 0 Å². The first-order valence-corrected chi connectivity index (χ1v) is 11.4. The Balaban J connectivity index is 1.44. The van der Waals surface area contributed by atoms with Crippen LogP contribution in [0.25, 0.3) is 0 Å². The summed E-state index contributed by atoms with van der Waals surface area (Å²) in [6.45, 7) is 4.26. The molecule has 160 valence electrons. The van der Waals surface area contributed by atoms with Gasteiger partial charge < -0.3 is 20.7 Å². The van der Waals surface area contributed by atoms with E-state index in [0.29, 0.717) is 18.3 Å². The molecule has 0 saturated heterocycles. The second-order valence-electron chi connectivity index (χ2n) is 7.06. The topological polar surface area (TPSA) is 74.8 Å². The van der Waals surface area contributed by atoms with Crippen molar-refractivity contribution in [3.05, 3.63) is 60.2 Å². The number of benzene rings is 2. The first kappa shape index (κ1) is 22.0. The zero-order chi connectivity index (χ0) is 21.0. The number of carbonyl (C=O) groups excluding carboxylic acids is 1. The highest BCUT2D eigenvalue weighted by Crippen LogP contribution is 2.19. The largest absolute Gasteiger partial charge is 0.484 e. The normalized spacial score (nSPS) is 13.6. The van der Waals surface area contributed by atoms with E-state index < -0.39 is 0 Å². The molecule has 1 aliphatic rings. The fourth-order valence-electron chi connectivity index (χ4n) is 2.75. The Morgan fingerprint density at radius 1 is 1.13 bits per heavy atom. The van der Waals surface area contributed by atoms with Crippen LogP contribution in [0.2, 0.25) is 0 Å². The number of hydrogen-bond donors (Lipinski definition) is 3. The summed E-state index contributed by atoms with van der Waals surface area (Å²) < 4.78 is 5.62. The van der Waals surface area contributed by atoms with Crippen LogP contribution in [-0.4, -0.2) is 43.4 Å². The molecule has 0 spiro atoms. The summed E-state index contributed by atoms with van der Waals surface area (Å²) >= 11 is 1.82. The molecule has 0 bridgehead atoms. The molecule has 2 aromatic carbocycles. The Morgan fingerprint density at radius 2 is 1.97 bits per heavy atom. The fraction of sp³-hybridized carbons (Fsp3) is 0.391. The quantitative estimate of drug-likeness (QED) is 0.223. The van der Waals surface area contributed by atoms with Crippen molar-refractivity contribution in [3.8, 4) is 5.75 Å². The van der Waals surface area contributed by atoms with Gasteiger partial charge in [-0.25, -0.2) is 4.99 Å². The fourth-order valence-corrected chi connectivity index (χ4v) is 3.54. The van der Waals surface area contributed by atoms with Crippen molar-refractivity contribution in [1.29, 1.82) is 0 Å². The lowest BCUT2D eigenvalue weighted by Gasteiger charge is -2.11.